The number of ketones is 1. The number of halogens is 1. The number of alkyl halides is 1. The van der Waals surface area contributed by atoms with Gasteiger partial charge in [-0.15, -0.1) is 0 Å². The molecule has 1 aliphatic heterocycles. The van der Waals surface area contributed by atoms with Gasteiger partial charge in [-0.3, -0.25) is 9.59 Å². The average Bonchev–Trinajstić information content (AvgIpc) is 2.52. The number of hydrogen-bond donors (Lipinski definition) is 1. The molecule has 0 saturated carbocycles. The summed E-state index contributed by atoms with van der Waals surface area (Å²) in [4.78, 5) is 22.5. The van der Waals surface area contributed by atoms with Crippen LogP contribution in [-0.4, -0.2) is 16.1 Å². The van der Waals surface area contributed by atoms with Gasteiger partial charge in [0.05, 0.1) is 11.3 Å². The van der Waals surface area contributed by atoms with Crippen molar-refractivity contribution in [3.8, 4) is 0 Å². The Kier molecular flexibility index (Phi) is 3.04. The van der Waals surface area contributed by atoms with Crippen LogP contribution in [0.25, 0.3) is 0 Å². The van der Waals surface area contributed by atoms with Crippen molar-refractivity contribution in [2.45, 2.75) is 12.8 Å². The van der Waals surface area contributed by atoms with Crippen LogP contribution < -0.4 is 5.32 Å². The molecule has 15 heavy (non-hydrogen) atoms. The Morgan fingerprint density at radius 2 is 2.07 bits per heavy atom. The van der Waals surface area contributed by atoms with Crippen molar-refractivity contribution >= 4 is 40.0 Å². The minimum atomic E-state index is -0.518. The first-order valence-electron chi connectivity index (χ1n) is 4.77. The van der Waals surface area contributed by atoms with Crippen LogP contribution in [-0.2, 0) is 11.2 Å². The second-order valence-electron chi connectivity index (χ2n) is 3.46. The Morgan fingerprint density at radius 1 is 1.27 bits per heavy atom. The molecule has 78 valence electrons. The zero-order valence-electron chi connectivity index (χ0n) is 8.05. The van der Waals surface area contributed by atoms with Gasteiger partial charge in [0.25, 0.3) is 11.7 Å². The summed E-state index contributed by atoms with van der Waals surface area (Å²) in [5.74, 6) is -0.933. The number of fused-ring (bicyclic) bond motifs is 1. The van der Waals surface area contributed by atoms with Crippen molar-refractivity contribution in [1.29, 1.82) is 0 Å². The number of amides is 1. The third-order valence-electron chi connectivity index (χ3n) is 2.38. The van der Waals surface area contributed by atoms with Gasteiger partial charge in [0.15, 0.2) is 0 Å². The molecule has 0 aromatic heterocycles. The highest BCUT2D eigenvalue weighted by molar-refractivity contribution is 14.1. The lowest BCUT2D eigenvalue weighted by Crippen LogP contribution is -2.12. The lowest BCUT2D eigenvalue weighted by Gasteiger charge is -2.01. The highest BCUT2D eigenvalue weighted by atomic mass is 127. The fraction of sp³-hybridized carbons (Fsp3) is 0.273. The first kappa shape index (κ1) is 10.6. The van der Waals surface area contributed by atoms with E-state index in [9.17, 15) is 9.59 Å². The molecule has 0 bridgehead atoms. The van der Waals surface area contributed by atoms with Gasteiger partial charge in [-0.25, -0.2) is 0 Å². The first-order chi connectivity index (χ1) is 7.22. The average molecular weight is 315 g/mol. The van der Waals surface area contributed by atoms with E-state index >= 15 is 0 Å². The molecule has 1 aromatic carbocycles. The molecule has 0 saturated heterocycles. The fourth-order valence-corrected chi connectivity index (χ4v) is 2.00. The smallest absolute Gasteiger partial charge is 0.296 e. The molecule has 0 unspecified atom stereocenters. The predicted octanol–water partition coefficient (Wildman–Crippen LogP) is 2.19. The fourth-order valence-electron chi connectivity index (χ4n) is 1.62. The van der Waals surface area contributed by atoms with Gasteiger partial charge in [0.1, 0.15) is 0 Å². The second-order valence-corrected chi connectivity index (χ2v) is 4.53. The topological polar surface area (TPSA) is 46.2 Å². The van der Waals surface area contributed by atoms with Gasteiger partial charge < -0.3 is 5.32 Å². The molecule has 4 heteroatoms. The summed E-state index contributed by atoms with van der Waals surface area (Å²) in [5, 5.41) is 2.54. The van der Waals surface area contributed by atoms with Gasteiger partial charge >= 0.3 is 0 Å². The van der Waals surface area contributed by atoms with Gasteiger partial charge in [-0.1, -0.05) is 28.7 Å². The van der Waals surface area contributed by atoms with Crippen LogP contribution in [0.4, 0.5) is 5.69 Å². The van der Waals surface area contributed by atoms with Crippen molar-refractivity contribution in [3.05, 3.63) is 29.3 Å². The Morgan fingerprint density at radius 3 is 2.80 bits per heavy atom. The maximum Gasteiger partial charge on any atom is 0.296 e. The molecular formula is C11H10INO2. The Hall–Kier alpha value is -0.910. The molecule has 1 heterocycles. The van der Waals surface area contributed by atoms with Crippen LogP contribution in [0, 0.1) is 0 Å². The van der Waals surface area contributed by atoms with E-state index in [2.05, 4.69) is 27.9 Å². The highest BCUT2D eigenvalue weighted by Crippen LogP contribution is 2.24. The SMILES string of the molecule is O=C1Nc2ccc(CCCI)cc2C1=O. The first-order valence-corrected chi connectivity index (χ1v) is 6.29. The molecule has 1 N–H and O–H groups in total. The third kappa shape index (κ3) is 2.04. The number of rotatable bonds is 3. The molecule has 1 aromatic rings. The van der Waals surface area contributed by atoms with Crippen LogP contribution in [0.2, 0.25) is 0 Å². The van der Waals surface area contributed by atoms with Crippen molar-refractivity contribution < 1.29 is 9.59 Å². The van der Waals surface area contributed by atoms with Crippen molar-refractivity contribution in [3.63, 3.8) is 0 Å². The molecular weight excluding hydrogens is 305 g/mol. The number of benzene rings is 1. The highest BCUT2D eigenvalue weighted by Gasteiger charge is 2.27. The van der Waals surface area contributed by atoms with Crippen molar-refractivity contribution in [1.82, 2.24) is 0 Å². The predicted molar refractivity (Wildman–Crippen MR) is 66.6 cm³/mol. The Bertz CT molecular complexity index is 429. The maximum absolute atomic E-state index is 11.4. The third-order valence-corrected chi connectivity index (χ3v) is 3.14. The van der Waals surface area contributed by atoms with E-state index < -0.39 is 11.7 Å². The largest absolute Gasteiger partial charge is 0.318 e. The zero-order valence-corrected chi connectivity index (χ0v) is 10.2. The molecule has 2 rings (SSSR count). The summed E-state index contributed by atoms with van der Waals surface area (Å²) in [7, 11) is 0. The van der Waals surface area contributed by atoms with E-state index in [0.717, 1.165) is 22.8 Å². The molecule has 1 aliphatic rings. The van der Waals surface area contributed by atoms with Crippen molar-refractivity contribution in [2.75, 3.05) is 9.74 Å². The summed E-state index contributed by atoms with van der Waals surface area (Å²) in [6.45, 7) is 0. The van der Waals surface area contributed by atoms with Crippen LogP contribution in [0.15, 0.2) is 18.2 Å². The lowest BCUT2D eigenvalue weighted by molar-refractivity contribution is -0.112. The number of aryl methyl sites for hydroxylation is 1. The second kappa shape index (κ2) is 4.30. The standard InChI is InChI=1S/C11H10INO2/c12-5-1-2-7-3-4-9-8(6-7)10(14)11(15)13-9/h3-4,6H,1-2,5H2,(H,13,14,15). The van der Waals surface area contributed by atoms with E-state index in [0.29, 0.717) is 11.3 Å². The van der Waals surface area contributed by atoms with E-state index in [-0.39, 0.29) is 0 Å². The number of nitrogens with one attached hydrogen (secondary N) is 1. The minimum Gasteiger partial charge on any atom is -0.318 e. The molecule has 0 spiro atoms. The monoisotopic (exact) mass is 315 g/mol. The van der Waals surface area contributed by atoms with Crippen LogP contribution in [0.3, 0.4) is 0 Å². The van der Waals surface area contributed by atoms with E-state index in [1.165, 1.54) is 0 Å². The minimum absolute atomic E-state index is 0.415. The van der Waals surface area contributed by atoms with Crippen LogP contribution >= 0.6 is 22.6 Å². The maximum atomic E-state index is 11.4. The number of Topliss-reactive ketones (excluding diaryl/α,β-unsaturated/α-hetero) is 1. The number of anilines is 1. The lowest BCUT2D eigenvalue weighted by atomic mass is 10.0. The van der Waals surface area contributed by atoms with E-state index in [1.54, 1.807) is 6.07 Å². The summed E-state index contributed by atoms with van der Waals surface area (Å²) in [5.41, 5.74) is 2.28. The molecule has 0 fully saturated rings. The molecule has 0 aliphatic carbocycles. The Balaban J connectivity index is 2.27. The number of carbonyl (C=O) groups is 2. The quantitative estimate of drug-likeness (QED) is 0.528. The summed E-state index contributed by atoms with van der Waals surface area (Å²) >= 11 is 2.33. The summed E-state index contributed by atoms with van der Waals surface area (Å²) in [6, 6.07) is 5.59. The van der Waals surface area contributed by atoms with Crippen LogP contribution in [0.1, 0.15) is 22.3 Å². The summed E-state index contributed by atoms with van der Waals surface area (Å²) in [6.07, 6.45) is 2.05. The van der Waals surface area contributed by atoms with E-state index in [1.807, 2.05) is 12.1 Å². The van der Waals surface area contributed by atoms with Gasteiger partial charge in [0, 0.05) is 0 Å². The Labute approximate surface area is 101 Å². The van der Waals surface area contributed by atoms with Crippen LogP contribution in [0.5, 0.6) is 0 Å². The zero-order chi connectivity index (χ0) is 10.8. The molecule has 3 nitrogen and oxygen atoms in total. The van der Waals surface area contributed by atoms with Gasteiger partial charge in [0.2, 0.25) is 0 Å². The van der Waals surface area contributed by atoms with Crippen molar-refractivity contribution in [2.24, 2.45) is 0 Å². The number of hydrogen-bond acceptors (Lipinski definition) is 2. The number of carbonyl (C=O) groups excluding carboxylic acids is 2. The molecule has 1 amide bonds. The van der Waals surface area contributed by atoms with Gasteiger partial charge in [-0.2, -0.15) is 0 Å². The van der Waals surface area contributed by atoms with E-state index in [4.69, 9.17) is 0 Å². The molecule has 0 radical (unpaired) electrons. The normalized spacial score (nSPS) is 13.9. The molecule has 0 atom stereocenters. The summed E-state index contributed by atoms with van der Waals surface area (Å²) < 4.78 is 1.10. The van der Waals surface area contributed by atoms with Gasteiger partial charge in [-0.05, 0) is 35.0 Å².